The van der Waals surface area contributed by atoms with Gasteiger partial charge in [-0.1, -0.05) is 0 Å². The summed E-state index contributed by atoms with van der Waals surface area (Å²) in [6.45, 7) is 2.27. The van der Waals surface area contributed by atoms with E-state index in [1.54, 1.807) is 23.0 Å². The van der Waals surface area contributed by atoms with Crippen molar-refractivity contribution < 1.29 is 0 Å². The molecule has 3 aromatic heterocycles. The molecule has 0 bridgehead atoms. The first-order valence-electron chi connectivity index (χ1n) is 8.74. The maximum absolute atomic E-state index is 13.0. The van der Waals surface area contributed by atoms with Crippen molar-refractivity contribution in [3.63, 3.8) is 0 Å². The Labute approximate surface area is 152 Å². The van der Waals surface area contributed by atoms with Gasteiger partial charge in [0.05, 0.1) is 47.0 Å². The third-order valence-electron chi connectivity index (χ3n) is 4.92. The summed E-state index contributed by atoms with van der Waals surface area (Å²) in [4.78, 5) is 35.8. The molecule has 5 rings (SSSR count). The molecule has 0 spiro atoms. The summed E-state index contributed by atoms with van der Waals surface area (Å²) in [5, 5.41) is 12.4. The Kier molecular flexibility index (Phi) is 3.39. The van der Waals surface area contributed by atoms with Gasteiger partial charge < -0.3 is 0 Å². The quantitative estimate of drug-likeness (QED) is 0.489. The third kappa shape index (κ3) is 2.60. The second-order valence-corrected chi connectivity index (χ2v) is 6.87. The lowest BCUT2D eigenvalue weighted by Gasteiger charge is -2.14. The number of fused-ring (bicyclic) bond motifs is 2. The molecule has 1 atom stereocenters. The van der Waals surface area contributed by atoms with Crippen LogP contribution in [0.1, 0.15) is 31.8 Å². The molecule has 136 valence electrons. The van der Waals surface area contributed by atoms with Gasteiger partial charge in [-0.3, -0.25) is 18.7 Å². The van der Waals surface area contributed by atoms with Gasteiger partial charge in [0.2, 0.25) is 0 Å². The Morgan fingerprint density at radius 1 is 1.07 bits per heavy atom. The van der Waals surface area contributed by atoms with Crippen molar-refractivity contribution in [1.82, 2.24) is 39.3 Å². The standard InChI is InChI=1S/C17H16N8O2/c1-10(6-25-21-7-20-22-25)23-8-18-14-5-13-15(4-12(14)16(23)26)19-9-24(17(13)27)11-2-3-11/h4-5,7-11H,2-3,6H2,1H3. The van der Waals surface area contributed by atoms with Gasteiger partial charge in [-0.15, -0.1) is 10.2 Å². The van der Waals surface area contributed by atoms with E-state index in [0.717, 1.165) is 12.8 Å². The van der Waals surface area contributed by atoms with Gasteiger partial charge in [0.1, 0.15) is 0 Å². The van der Waals surface area contributed by atoms with Crippen LogP contribution in [-0.4, -0.2) is 39.3 Å². The molecule has 1 saturated carbocycles. The molecule has 3 heterocycles. The molecule has 0 radical (unpaired) electrons. The minimum Gasteiger partial charge on any atom is -0.296 e. The average Bonchev–Trinajstić information content (AvgIpc) is 3.38. The molecule has 1 aromatic carbocycles. The molecule has 1 aliphatic carbocycles. The Bertz CT molecular complexity index is 1270. The Hall–Kier alpha value is -3.43. The lowest BCUT2D eigenvalue weighted by Crippen LogP contribution is -2.27. The lowest BCUT2D eigenvalue weighted by atomic mass is 10.1. The van der Waals surface area contributed by atoms with Crippen LogP contribution in [0.4, 0.5) is 0 Å². The lowest BCUT2D eigenvalue weighted by molar-refractivity contribution is 0.389. The predicted octanol–water partition coefficient (Wildman–Crippen LogP) is 0.689. The van der Waals surface area contributed by atoms with Crippen molar-refractivity contribution in [3.05, 3.63) is 51.8 Å². The van der Waals surface area contributed by atoms with E-state index in [2.05, 4.69) is 25.4 Å². The molecule has 1 fully saturated rings. The van der Waals surface area contributed by atoms with Crippen LogP contribution in [-0.2, 0) is 6.54 Å². The third-order valence-corrected chi connectivity index (χ3v) is 4.92. The van der Waals surface area contributed by atoms with Gasteiger partial charge in [-0.2, -0.15) is 4.80 Å². The molecule has 0 amide bonds. The molecule has 4 aromatic rings. The van der Waals surface area contributed by atoms with E-state index in [1.165, 1.54) is 22.0 Å². The number of hydrogen-bond donors (Lipinski definition) is 0. The molecule has 1 unspecified atom stereocenters. The minimum absolute atomic E-state index is 0.0824. The normalized spacial score (nSPS) is 15.4. The zero-order valence-electron chi connectivity index (χ0n) is 14.6. The summed E-state index contributed by atoms with van der Waals surface area (Å²) < 4.78 is 3.20. The van der Waals surface area contributed by atoms with Crippen molar-refractivity contribution >= 4 is 21.8 Å². The fraction of sp³-hybridized carbons (Fsp3) is 0.353. The zero-order chi connectivity index (χ0) is 18.5. The number of benzene rings is 1. The van der Waals surface area contributed by atoms with Gasteiger partial charge in [0.25, 0.3) is 11.1 Å². The summed E-state index contributed by atoms with van der Waals surface area (Å²) in [7, 11) is 0. The van der Waals surface area contributed by atoms with Crippen molar-refractivity contribution in [3.8, 4) is 0 Å². The maximum Gasteiger partial charge on any atom is 0.261 e. The highest BCUT2D eigenvalue weighted by Crippen LogP contribution is 2.33. The minimum atomic E-state index is -0.213. The average molecular weight is 364 g/mol. The van der Waals surface area contributed by atoms with E-state index < -0.39 is 0 Å². The smallest absolute Gasteiger partial charge is 0.261 e. The van der Waals surface area contributed by atoms with Gasteiger partial charge >= 0.3 is 0 Å². The highest BCUT2D eigenvalue weighted by Gasteiger charge is 2.25. The van der Waals surface area contributed by atoms with Crippen LogP contribution in [0.15, 0.2) is 40.7 Å². The zero-order valence-corrected chi connectivity index (χ0v) is 14.6. The first kappa shape index (κ1) is 15.8. The first-order valence-corrected chi connectivity index (χ1v) is 8.74. The molecule has 0 N–H and O–H groups in total. The van der Waals surface area contributed by atoms with E-state index in [9.17, 15) is 9.59 Å². The summed E-state index contributed by atoms with van der Waals surface area (Å²) in [6.07, 6.45) is 6.42. The predicted molar refractivity (Wildman–Crippen MR) is 96.4 cm³/mol. The van der Waals surface area contributed by atoms with Gasteiger partial charge in [-0.05, 0) is 37.1 Å². The van der Waals surface area contributed by atoms with Crippen molar-refractivity contribution in [2.45, 2.75) is 38.4 Å². The SMILES string of the molecule is CC(Cn1ncnn1)n1cnc2cc3c(=O)n(C4CC4)cnc3cc2c1=O. The highest BCUT2D eigenvalue weighted by molar-refractivity contribution is 5.93. The second-order valence-electron chi connectivity index (χ2n) is 6.87. The number of rotatable bonds is 4. The maximum atomic E-state index is 13.0. The van der Waals surface area contributed by atoms with E-state index in [0.29, 0.717) is 28.4 Å². The van der Waals surface area contributed by atoms with E-state index >= 15 is 0 Å². The van der Waals surface area contributed by atoms with Crippen LogP contribution in [0.25, 0.3) is 21.8 Å². The first-order chi connectivity index (χ1) is 13.1. The van der Waals surface area contributed by atoms with E-state index in [-0.39, 0.29) is 23.2 Å². The van der Waals surface area contributed by atoms with E-state index in [1.807, 2.05) is 6.92 Å². The van der Waals surface area contributed by atoms with Crippen LogP contribution in [0.2, 0.25) is 0 Å². The van der Waals surface area contributed by atoms with Gasteiger partial charge in [-0.25, -0.2) is 9.97 Å². The van der Waals surface area contributed by atoms with Gasteiger partial charge in [0, 0.05) is 6.04 Å². The van der Waals surface area contributed by atoms with Gasteiger partial charge in [0.15, 0.2) is 6.33 Å². The largest absolute Gasteiger partial charge is 0.296 e. The monoisotopic (exact) mass is 364 g/mol. The fourth-order valence-electron chi connectivity index (χ4n) is 3.29. The van der Waals surface area contributed by atoms with Crippen LogP contribution < -0.4 is 11.1 Å². The Morgan fingerprint density at radius 3 is 2.44 bits per heavy atom. The highest BCUT2D eigenvalue weighted by atomic mass is 16.1. The Balaban J connectivity index is 1.63. The Morgan fingerprint density at radius 2 is 1.78 bits per heavy atom. The van der Waals surface area contributed by atoms with Crippen molar-refractivity contribution in [1.29, 1.82) is 0 Å². The van der Waals surface area contributed by atoms with Crippen LogP contribution in [0, 0.1) is 0 Å². The van der Waals surface area contributed by atoms with E-state index in [4.69, 9.17) is 0 Å². The van der Waals surface area contributed by atoms with Crippen molar-refractivity contribution in [2.24, 2.45) is 0 Å². The number of nitrogens with zero attached hydrogens (tertiary/aromatic N) is 8. The van der Waals surface area contributed by atoms with Crippen molar-refractivity contribution in [2.75, 3.05) is 0 Å². The number of aromatic nitrogens is 8. The summed E-state index contributed by atoms with van der Waals surface area (Å²) in [5.41, 5.74) is 0.720. The summed E-state index contributed by atoms with van der Waals surface area (Å²) in [5.74, 6) is 0. The topological polar surface area (TPSA) is 113 Å². The molecular formula is C17H16N8O2. The molecule has 10 nitrogen and oxygen atoms in total. The molecule has 0 aliphatic heterocycles. The number of tetrazole rings is 1. The molecule has 0 saturated heterocycles. The van der Waals surface area contributed by atoms with Crippen LogP contribution in [0.5, 0.6) is 0 Å². The molecule has 1 aliphatic rings. The number of hydrogen-bond acceptors (Lipinski definition) is 7. The van der Waals surface area contributed by atoms with Crippen LogP contribution in [0.3, 0.4) is 0 Å². The molecule has 27 heavy (non-hydrogen) atoms. The second kappa shape index (κ2) is 5.79. The fourth-order valence-corrected chi connectivity index (χ4v) is 3.29. The molecule has 10 heteroatoms. The van der Waals surface area contributed by atoms with Crippen LogP contribution >= 0.6 is 0 Å². The summed E-state index contributed by atoms with van der Waals surface area (Å²) >= 11 is 0. The summed E-state index contributed by atoms with van der Waals surface area (Å²) in [6, 6.07) is 3.34. The molecular weight excluding hydrogens is 348 g/mol.